The summed E-state index contributed by atoms with van der Waals surface area (Å²) in [5, 5.41) is 14.3. The molecule has 3 aromatic rings. The van der Waals surface area contributed by atoms with Crippen molar-refractivity contribution in [2.24, 2.45) is 0 Å². The van der Waals surface area contributed by atoms with Crippen molar-refractivity contribution in [2.75, 3.05) is 18.4 Å². The molecule has 0 radical (unpaired) electrons. The number of H-pyrrole nitrogens is 1. The quantitative estimate of drug-likeness (QED) is 0.478. The van der Waals surface area contributed by atoms with Crippen LogP contribution in [0.15, 0.2) is 42.6 Å². The number of hydrogen-bond acceptors (Lipinski definition) is 4. The lowest BCUT2D eigenvalue weighted by Crippen LogP contribution is -2.56. The van der Waals surface area contributed by atoms with Crippen molar-refractivity contribution in [3.05, 3.63) is 59.3 Å². The molecule has 10 heteroatoms. The van der Waals surface area contributed by atoms with Crippen LogP contribution < -0.4 is 10.6 Å². The SMILES string of the molecule is CC(C)N1Cc2c(ccc3[nH]ncc23)CC[C@@H](NC(=O)N2CCC(N3Cc4ccccc4NC3=O)CC2)C1=O. The Morgan fingerprint density at radius 3 is 2.62 bits per heavy atom. The number of aromatic nitrogens is 2. The molecule has 0 bridgehead atoms. The van der Waals surface area contributed by atoms with E-state index in [0.717, 1.165) is 27.7 Å². The fourth-order valence-corrected chi connectivity index (χ4v) is 6.12. The molecule has 5 amide bonds. The van der Waals surface area contributed by atoms with Crippen LogP contribution in [-0.2, 0) is 24.3 Å². The molecule has 3 aliphatic heterocycles. The fourth-order valence-electron chi connectivity index (χ4n) is 6.12. The van der Waals surface area contributed by atoms with E-state index in [1.165, 1.54) is 5.56 Å². The van der Waals surface area contributed by atoms with Gasteiger partial charge in [-0.15, -0.1) is 0 Å². The first-order valence-electron chi connectivity index (χ1n) is 13.8. The summed E-state index contributed by atoms with van der Waals surface area (Å²) in [5.74, 6) is -0.0527. The molecule has 1 saturated heterocycles. The maximum absolute atomic E-state index is 13.7. The van der Waals surface area contributed by atoms with Gasteiger partial charge in [0.2, 0.25) is 5.91 Å². The van der Waals surface area contributed by atoms with Crippen LogP contribution in [0.4, 0.5) is 15.3 Å². The third-order valence-electron chi connectivity index (χ3n) is 8.42. The van der Waals surface area contributed by atoms with Crippen LogP contribution in [0.5, 0.6) is 0 Å². The summed E-state index contributed by atoms with van der Waals surface area (Å²) in [6, 6.07) is 11.2. The average Bonchev–Trinajstić information content (AvgIpc) is 3.42. The highest BCUT2D eigenvalue weighted by molar-refractivity contribution is 5.92. The van der Waals surface area contributed by atoms with Gasteiger partial charge in [0.05, 0.1) is 11.7 Å². The van der Waals surface area contributed by atoms with Crippen LogP contribution in [0, 0.1) is 0 Å². The summed E-state index contributed by atoms with van der Waals surface area (Å²) < 4.78 is 0. The number of rotatable bonds is 3. The minimum atomic E-state index is -0.588. The summed E-state index contributed by atoms with van der Waals surface area (Å²) in [6.45, 7) is 6.16. The topological polar surface area (TPSA) is 114 Å². The van der Waals surface area contributed by atoms with E-state index >= 15 is 0 Å². The molecule has 39 heavy (non-hydrogen) atoms. The van der Waals surface area contributed by atoms with Crippen molar-refractivity contribution in [1.29, 1.82) is 0 Å². The minimum absolute atomic E-state index is 0.0124. The number of nitrogens with zero attached hydrogens (tertiary/aromatic N) is 4. The zero-order chi connectivity index (χ0) is 27.1. The Kier molecular flexibility index (Phi) is 6.62. The molecular weight excluding hydrogens is 494 g/mol. The van der Waals surface area contributed by atoms with E-state index in [2.05, 4.69) is 26.9 Å². The maximum atomic E-state index is 13.7. The van der Waals surface area contributed by atoms with Crippen LogP contribution >= 0.6 is 0 Å². The first-order chi connectivity index (χ1) is 18.9. The van der Waals surface area contributed by atoms with Crippen molar-refractivity contribution < 1.29 is 14.4 Å². The third kappa shape index (κ3) is 4.79. The molecule has 0 saturated carbocycles. The summed E-state index contributed by atoms with van der Waals surface area (Å²) in [4.78, 5) is 45.2. The Bertz CT molecular complexity index is 1410. The number of nitrogens with one attached hydrogen (secondary N) is 3. The number of aromatic amines is 1. The van der Waals surface area contributed by atoms with E-state index in [9.17, 15) is 14.4 Å². The van der Waals surface area contributed by atoms with E-state index in [1.807, 2.05) is 60.2 Å². The number of likely N-dealkylation sites (tertiary alicyclic amines) is 1. The van der Waals surface area contributed by atoms with Crippen molar-refractivity contribution in [1.82, 2.24) is 30.2 Å². The van der Waals surface area contributed by atoms with Crippen molar-refractivity contribution in [3.8, 4) is 0 Å². The van der Waals surface area contributed by atoms with Crippen molar-refractivity contribution in [3.63, 3.8) is 0 Å². The number of carbonyl (C=O) groups is 3. The second-order valence-corrected chi connectivity index (χ2v) is 11.1. The van der Waals surface area contributed by atoms with Gasteiger partial charge in [-0.25, -0.2) is 9.59 Å². The van der Waals surface area contributed by atoms with Gasteiger partial charge in [0.25, 0.3) is 0 Å². The molecule has 0 spiro atoms. The Morgan fingerprint density at radius 2 is 1.82 bits per heavy atom. The zero-order valence-corrected chi connectivity index (χ0v) is 22.4. The van der Waals surface area contributed by atoms with Gasteiger partial charge < -0.3 is 25.3 Å². The normalized spacial score (nSPS) is 20.4. The standard InChI is InChI=1S/C29H35N7O3/c1-18(2)35-17-23-19(7-9-25-22(23)15-30-33-25)8-10-26(27(35)37)32-28(38)34-13-11-21(12-14-34)36-16-20-5-3-4-6-24(20)31-29(36)39/h3-7,9,15,18,21,26H,8,10-14,16-17H2,1-2H3,(H,30,33)(H,31,39)(H,32,38)/t26-/m1/s1. The number of piperidine rings is 1. The number of aryl methyl sites for hydroxylation is 1. The van der Waals surface area contributed by atoms with E-state index in [0.29, 0.717) is 51.9 Å². The third-order valence-corrected chi connectivity index (χ3v) is 8.42. The predicted octanol–water partition coefficient (Wildman–Crippen LogP) is 3.84. The summed E-state index contributed by atoms with van der Waals surface area (Å²) in [6.07, 6.45) is 4.47. The van der Waals surface area contributed by atoms with E-state index < -0.39 is 6.04 Å². The zero-order valence-electron chi connectivity index (χ0n) is 22.4. The molecule has 204 valence electrons. The summed E-state index contributed by atoms with van der Waals surface area (Å²) in [5.41, 5.74) is 5.24. The molecule has 0 aliphatic carbocycles. The Morgan fingerprint density at radius 1 is 1.03 bits per heavy atom. The van der Waals surface area contributed by atoms with Crippen LogP contribution in [0.1, 0.15) is 49.8 Å². The van der Waals surface area contributed by atoms with Gasteiger partial charge in [-0.3, -0.25) is 9.89 Å². The highest BCUT2D eigenvalue weighted by Gasteiger charge is 2.35. The van der Waals surface area contributed by atoms with E-state index in [4.69, 9.17) is 0 Å². The number of para-hydroxylation sites is 1. The number of urea groups is 2. The number of anilines is 1. The molecule has 4 heterocycles. The summed E-state index contributed by atoms with van der Waals surface area (Å²) >= 11 is 0. The molecule has 2 aromatic carbocycles. The van der Waals surface area contributed by atoms with E-state index in [1.54, 1.807) is 4.90 Å². The molecule has 10 nitrogen and oxygen atoms in total. The van der Waals surface area contributed by atoms with Gasteiger partial charge in [-0.2, -0.15) is 5.10 Å². The van der Waals surface area contributed by atoms with Gasteiger partial charge in [0.15, 0.2) is 0 Å². The van der Waals surface area contributed by atoms with Gasteiger partial charge in [0.1, 0.15) is 6.04 Å². The fraction of sp³-hybridized carbons (Fsp3) is 0.448. The Labute approximate surface area is 227 Å². The van der Waals surface area contributed by atoms with Crippen LogP contribution in [0.2, 0.25) is 0 Å². The smallest absolute Gasteiger partial charge is 0.322 e. The first kappa shape index (κ1) is 25.2. The summed E-state index contributed by atoms with van der Waals surface area (Å²) in [7, 11) is 0. The van der Waals surface area contributed by atoms with Crippen molar-refractivity contribution in [2.45, 2.75) is 70.7 Å². The van der Waals surface area contributed by atoms with E-state index in [-0.39, 0.29) is 30.1 Å². The monoisotopic (exact) mass is 529 g/mol. The molecule has 1 atom stereocenters. The highest BCUT2D eigenvalue weighted by Crippen LogP contribution is 2.29. The predicted molar refractivity (Wildman–Crippen MR) is 148 cm³/mol. The van der Waals surface area contributed by atoms with Crippen molar-refractivity contribution >= 4 is 34.6 Å². The van der Waals surface area contributed by atoms with Gasteiger partial charge in [-0.1, -0.05) is 24.3 Å². The second kappa shape index (κ2) is 10.2. The highest BCUT2D eigenvalue weighted by atomic mass is 16.2. The molecule has 3 N–H and O–H groups in total. The minimum Gasteiger partial charge on any atom is -0.334 e. The molecule has 3 aliphatic rings. The van der Waals surface area contributed by atoms with Gasteiger partial charge in [-0.05, 0) is 68.4 Å². The first-order valence-corrected chi connectivity index (χ1v) is 13.8. The number of carbonyl (C=O) groups excluding carboxylic acids is 3. The molecule has 1 aromatic heterocycles. The number of amides is 5. The molecule has 1 fully saturated rings. The molecule has 0 unspecified atom stereocenters. The Balaban J connectivity index is 1.11. The van der Waals surface area contributed by atoms with Crippen LogP contribution in [0.3, 0.4) is 0 Å². The lowest BCUT2D eigenvalue weighted by molar-refractivity contribution is -0.136. The second-order valence-electron chi connectivity index (χ2n) is 11.1. The lowest BCUT2D eigenvalue weighted by atomic mass is 9.93. The number of benzene rings is 2. The largest absolute Gasteiger partial charge is 0.334 e. The van der Waals surface area contributed by atoms with Crippen LogP contribution in [0.25, 0.3) is 10.9 Å². The lowest BCUT2D eigenvalue weighted by Gasteiger charge is -2.41. The number of fused-ring (bicyclic) bond motifs is 4. The maximum Gasteiger partial charge on any atom is 0.322 e. The average molecular weight is 530 g/mol. The molecule has 6 rings (SSSR count). The van der Waals surface area contributed by atoms with Gasteiger partial charge in [0, 0.05) is 49.3 Å². The van der Waals surface area contributed by atoms with Gasteiger partial charge >= 0.3 is 12.1 Å². The van der Waals surface area contributed by atoms with Crippen LogP contribution in [-0.4, -0.2) is 74.1 Å². The Hall–Kier alpha value is -4.08. The molecular formula is C29H35N7O3. The number of hydrogen-bond donors (Lipinski definition) is 3.